The number of ether oxygens (including phenoxy) is 6. The van der Waals surface area contributed by atoms with Crippen LogP contribution in [0.5, 0.6) is 69.0 Å². The van der Waals surface area contributed by atoms with E-state index in [9.17, 15) is 0 Å². The molecule has 0 fully saturated rings. The van der Waals surface area contributed by atoms with Crippen molar-refractivity contribution in [2.24, 2.45) is 0 Å². The zero-order chi connectivity index (χ0) is 54.8. The summed E-state index contributed by atoms with van der Waals surface area (Å²) in [6, 6.07) is 68.9. The number of aryl methyl sites for hydroxylation is 6. The van der Waals surface area contributed by atoms with Crippen molar-refractivity contribution in [3.63, 3.8) is 0 Å². The van der Waals surface area contributed by atoms with Crippen molar-refractivity contribution >= 4 is 86.4 Å². The van der Waals surface area contributed by atoms with E-state index in [0.717, 1.165) is 135 Å². The number of hydrogen-bond donors (Lipinski definition) is 0. The van der Waals surface area contributed by atoms with Gasteiger partial charge in [-0.25, -0.2) is 0 Å². The van der Waals surface area contributed by atoms with Crippen molar-refractivity contribution in [2.75, 3.05) is 4.90 Å². The molecule has 0 unspecified atom stereocenters. The zero-order valence-electron chi connectivity index (χ0n) is 46.1. The molecule has 6 aliphatic heterocycles. The van der Waals surface area contributed by atoms with E-state index in [0.29, 0.717) is 11.5 Å². The molecule has 0 radical (unpaired) electrons. The van der Waals surface area contributed by atoms with E-state index in [1.807, 2.05) is 12.1 Å². The summed E-state index contributed by atoms with van der Waals surface area (Å²) >= 11 is 0. The average molecular weight is 1060 g/mol. The van der Waals surface area contributed by atoms with Crippen LogP contribution in [-0.4, -0.2) is 20.1 Å². The molecule has 11 aromatic rings. The van der Waals surface area contributed by atoms with Gasteiger partial charge in [-0.2, -0.15) is 0 Å². The molecular weight excluding hydrogens is 1010 g/mol. The smallest absolute Gasteiger partial charge is 0.260 e. The molecule has 0 bridgehead atoms. The number of hydrogen-bond acceptors (Lipinski definition) is 7. The van der Waals surface area contributed by atoms with Crippen LogP contribution in [0.1, 0.15) is 33.4 Å². The lowest BCUT2D eigenvalue weighted by Gasteiger charge is -2.38. The summed E-state index contributed by atoms with van der Waals surface area (Å²) < 4.78 is 43.0. The van der Waals surface area contributed by atoms with Crippen LogP contribution in [0, 0.1) is 41.5 Å². The highest BCUT2D eigenvalue weighted by Crippen LogP contribution is 2.47. The Kier molecular flexibility index (Phi) is 9.96. The lowest BCUT2D eigenvalue weighted by molar-refractivity contribution is 0.448. The Morgan fingerprint density at radius 2 is 0.561 bits per heavy atom. The lowest BCUT2D eigenvalue weighted by atomic mass is 9.30. The minimum atomic E-state index is -0.319. The predicted octanol–water partition coefficient (Wildman–Crippen LogP) is 12.5. The van der Waals surface area contributed by atoms with E-state index >= 15 is 0 Å². The number of fused-ring (bicyclic) bond motifs is 12. The van der Waals surface area contributed by atoms with Crippen LogP contribution in [0.4, 0.5) is 17.1 Å². The molecule has 10 heteroatoms. The van der Waals surface area contributed by atoms with Gasteiger partial charge >= 0.3 is 0 Å². The minimum absolute atomic E-state index is 0.186. The summed E-state index contributed by atoms with van der Waals surface area (Å²) in [4.78, 5) is 2.26. The molecule has 82 heavy (non-hydrogen) atoms. The van der Waals surface area contributed by atoms with Crippen molar-refractivity contribution in [1.82, 2.24) is 0 Å². The van der Waals surface area contributed by atoms with Crippen molar-refractivity contribution in [3.05, 3.63) is 228 Å². The lowest BCUT2D eigenvalue weighted by Crippen LogP contribution is -2.63. The highest BCUT2D eigenvalue weighted by Gasteiger charge is 2.48. The summed E-state index contributed by atoms with van der Waals surface area (Å²) in [5, 5.41) is 0. The molecule has 0 saturated heterocycles. The molecule has 0 aromatic heterocycles. The van der Waals surface area contributed by atoms with Gasteiger partial charge in [-0.15, -0.1) is 0 Å². The van der Waals surface area contributed by atoms with E-state index in [1.54, 1.807) is 0 Å². The maximum absolute atomic E-state index is 7.36. The monoisotopic (exact) mass is 1060 g/mol. The first kappa shape index (κ1) is 47.1. The third-order valence-electron chi connectivity index (χ3n) is 17.7. The van der Waals surface area contributed by atoms with Gasteiger partial charge in [-0.3, -0.25) is 0 Å². The largest absolute Gasteiger partial charge is 0.458 e. The standard InChI is InChI=1S/C72H50B3NO6/c1-39-25-41(3)68(42(4)26-39)45-29-62-70-64(31-45)79-58-37-60-54(35-52(58)73(70)50-21-13-15-23-56(50)77-62)75-55-36-53-59(38-61(55)82-67-34-49(33-66(81-60)72(67)75)76(47-17-9-7-10-18-47)48-19-11-8-12-20-48)80-65-32-46(69-43(5)27-40(2)28-44(69)6)30-63-71(65)74(53)51-22-14-16-24-57(51)78-63/h7-38H,1-6H3. The van der Waals surface area contributed by atoms with Gasteiger partial charge in [0.25, 0.3) is 20.1 Å². The third kappa shape index (κ3) is 6.94. The SMILES string of the molecule is Cc1cc(C)c(-c2cc3c4c(c2)Oc2cc5c(cc2B4c2ccccc2O3)B2c3cc4c(cc3Oc3cc(N(c6ccccc6)c6ccccc6)cc(c32)O5)Oc2cc(-c3c(C)cc(C)cc3C)cc3c2B4c2ccccc2O3)c(C)c1. The van der Waals surface area contributed by atoms with Gasteiger partial charge in [0.15, 0.2) is 0 Å². The van der Waals surface area contributed by atoms with Crippen LogP contribution in [0.15, 0.2) is 194 Å². The highest BCUT2D eigenvalue weighted by molar-refractivity contribution is 7.02. The number of anilines is 3. The molecule has 388 valence electrons. The summed E-state index contributed by atoms with van der Waals surface area (Å²) in [6.45, 7) is 12.4. The molecule has 0 aliphatic carbocycles. The first-order valence-corrected chi connectivity index (χ1v) is 28.3. The minimum Gasteiger partial charge on any atom is -0.458 e. The predicted molar refractivity (Wildman–Crippen MR) is 333 cm³/mol. The molecule has 17 rings (SSSR count). The molecular formula is C72H50B3NO6. The number of nitrogens with zero attached hydrogens (tertiary/aromatic N) is 1. The fraction of sp³-hybridized carbons (Fsp3) is 0.0833. The number of para-hydroxylation sites is 4. The quantitative estimate of drug-likeness (QED) is 0.159. The Bertz CT molecular complexity index is 4300. The molecule has 0 spiro atoms. The van der Waals surface area contributed by atoms with E-state index < -0.39 is 0 Å². The first-order chi connectivity index (χ1) is 40.1. The van der Waals surface area contributed by atoms with Crippen LogP contribution in [0.3, 0.4) is 0 Å². The number of benzene rings is 11. The van der Waals surface area contributed by atoms with E-state index in [-0.39, 0.29) is 20.1 Å². The van der Waals surface area contributed by atoms with E-state index in [1.165, 1.54) is 44.5 Å². The Labute approximate surface area is 477 Å². The fourth-order valence-electron chi connectivity index (χ4n) is 14.7. The van der Waals surface area contributed by atoms with Crippen LogP contribution >= 0.6 is 0 Å². The van der Waals surface area contributed by atoms with Crippen molar-refractivity contribution in [2.45, 2.75) is 41.5 Å². The van der Waals surface area contributed by atoms with E-state index in [4.69, 9.17) is 28.4 Å². The van der Waals surface area contributed by atoms with Crippen LogP contribution in [-0.2, 0) is 0 Å². The normalized spacial score (nSPS) is 13.5. The molecule has 0 saturated carbocycles. The zero-order valence-corrected chi connectivity index (χ0v) is 46.1. The Morgan fingerprint density at radius 3 is 0.927 bits per heavy atom. The fourth-order valence-corrected chi connectivity index (χ4v) is 14.7. The van der Waals surface area contributed by atoms with Crippen molar-refractivity contribution < 1.29 is 28.4 Å². The van der Waals surface area contributed by atoms with Gasteiger partial charge in [0.2, 0.25) is 0 Å². The molecule has 0 N–H and O–H groups in total. The second-order valence-electron chi connectivity index (χ2n) is 23.0. The van der Waals surface area contributed by atoms with Crippen LogP contribution in [0.2, 0.25) is 0 Å². The highest BCUT2D eigenvalue weighted by atomic mass is 16.5. The Morgan fingerprint density at radius 1 is 0.256 bits per heavy atom. The summed E-state index contributed by atoms with van der Waals surface area (Å²) in [5.74, 6) is 9.16. The topological polar surface area (TPSA) is 58.6 Å². The molecule has 6 heterocycles. The average Bonchev–Trinajstić information content (AvgIpc) is 1.94. The number of rotatable bonds is 5. The summed E-state index contributed by atoms with van der Waals surface area (Å²) in [7, 11) is 0. The van der Waals surface area contributed by atoms with Gasteiger partial charge in [-0.1, -0.05) is 120 Å². The van der Waals surface area contributed by atoms with Gasteiger partial charge in [0.05, 0.1) is 5.69 Å². The van der Waals surface area contributed by atoms with Crippen LogP contribution in [0.25, 0.3) is 22.3 Å². The van der Waals surface area contributed by atoms with Gasteiger partial charge in [-0.05, 0) is 179 Å². The molecule has 6 aliphatic rings. The molecule has 11 aromatic carbocycles. The van der Waals surface area contributed by atoms with Crippen LogP contribution < -0.4 is 82.5 Å². The maximum Gasteiger partial charge on any atom is 0.260 e. The maximum atomic E-state index is 7.36. The summed E-state index contributed by atoms with van der Waals surface area (Å²) in [6.07, 6.45) is 0. The van der Waals surface area contributed by atoms with Crippen molar-refractivity contribution in [3.8, 4) is 91.2 Å². The molecule has 0 amide bonds. The van der Waals surface area contributed by atoms with E-state index in [2.05, 4.69) is 228 Å². The molecule has 0 atom stereocenters. The third-order valence-corrected chi connectivity index (χ3v) is 17.7. The second kappa shape index (κ2) is 17.4. The Balaban J connectivity index is 0.885. The first-order valence-electron chi connectivity index (χ1n) is 28.3. The molecule has 7 nitrogen and oxygen atoms in total. The summed E-state index contributed by atoms with van der Waals surface area (Å²) in [5.41, 5.74) is 24.0. The second-order valence-corrected chi connectivity index (χ2v) is 23.0. The van der Waals surface area contributed by atoms with Gasteiger partial charge < -0.3 is 33.3 Å². The van der Waals surface area contributed by atoms with Gasteiger partial charge in [0, 0.05) is 52.0 Å². The van der Waals surface area contributed by atoms with Gasteiger partial charge in [0.1, 0.15) is 69.0 Å². The Hall–Kier alpha value is -9.79. The van der Waals surface area contributed by atoms with Crippen molar-refractivity contribution in [1.29, 1.82) is 0 Å².